The SMILES string of the molecule is Cc1c(C(F)(F)F)cnc(N2CCCC(F)(F)CC2)c1C(=O)Nc1cccc([S@@](C)(=O)=NC(=O)[C@H](C)O)c1. The van der Waals surface area contributed by atoms with Crippen molar-refractivity contribution >= 4 is 33.0 Å². The van der Waals surface area contributed by atoms with Gasteiger partial charge in [-0.25, -0.2) is 18.0 Å². The van der Waals surface area contributed by atoms with Crippen molar-refractivity contribution in [1.82, 2.24) is 4.98 Å². The number of nitrogens with one attached hydrogen (secondary N) is 1. The summed E-state index contributed by atoms with van der Waals surface area (Å²) >= 11 is 0. The molecule has 1 fully saturated rings. The minimum atomic E-state index is -4.82. The van der Waals surface area contributed by atoms with E-state index in [1.54, 1.807) is 0 Å². The number of aliphatic hydroxyl groups is 1. The number of benzene rings is 1. The molecule has 0 bridgehead atoms. The molecule has 2 amide bonds. The molecule has 1 aliphatic rings. The molecule has 0 unspecified atom stereocenters. The van der Waals surface area contributed by atoms with Crippen LogP contribution in [0.4, 0.5) is 33.5 Å². The van der Waals surface area contributed by atoms with Gasteiger partial charge < -0.3 is 15.3 Å². The fourth-order valence-corrected chi connectivity index (χ4v) is 5.24. The molecule has 0 radical (unpaired) electrons. The van der Waals surface area contributed by atoms with E-state index in [2.05, 4.69) is 14.7 Å². The Morgan fingerprint density at radius 1 is 1.24 bits per heavy atom. The molecule has 1 saturated heterocycles. The number of anilines is 2. The molecule has 208 valence electrons. The molecule has 1 aromatic carbocycles. The van der Waals surface area contributed by atoms with Gasteiger partial charge in [-0.1, -0.05) is 6.07 Å². The van der Waals surface area contributed by atoms with Crippen molar-refractivity contribution in [3.05, 3.63) is 47.2 Å². The molecular weight excluding hydrogens is 535 g/mol. The van der Waals surface area contributed by atoms with Crippen LogP contribution < -0.4 is 10.2 Å². The van der Waals surface area contributed by atoms with Gasteiger partial charge in [0.2, 0.25) is 5.92 Å². The highest BCUT2D eigenvalue weighted by Crippen LogP contribution is 2.37. The Bertz CT molecular complexity index is 1350. The average Bonchev–Trinajstić information content (AvgIpc) is 2.98. The van der Waals surface area contributed by atoms with Crippen molar-refractivity contribution in [2.75, 3.05) is 29.6 Å². The van der Waals surface area contributed by atoms with Crippen molar-refractivity contribution in [2.45, 2.75) is 56.2 Å². The van der Waals surface area contributed by atoms with Gasteiger partial charge in [-0.3, -0.25) is 9.59 Å². The Labute approximate surface area is 216 Å². The van der Waals surface area contributed by atoms with Crippen molar-refractivity contribution in [2.24, 2.45) is 4.36 Å². The van der Waals surface area contributed by atoms with Crippen molar-refractivity contribution in [3.8, 4) is 0 Å². The highest BCUT2D eigenvalue weighted by atomic mass is 32.2. The van der Waals surface area contributed by atoms with Crippen LogP contribution in [0, 0.1) is 6.92 Å². The monoisotopic (exact) mass is 562 g/mol. The quantitative estimate of drug-likeness (QED) is 0.514. The third-order valence-electron chi connectivity index (χ3n) is 6.02. The number of alkyl halides is 5. The number of nitrogens with zero attached hydrogens (tertiary/aromatic N) is 3. The summed E-state index contributed by atoms with van der Waals surface area (Å²) in [5.74, 6) is -5.08. The van der Waals surface area contributed by atoms with Crippen LogP contribution in [-0.4, -0.2) is 57.5 Å². The second-order valence-electron chi connectivity index (χ2n) is 9.08. The van der Waals surface area contributed by atoms with Crippen molar-refractivity contribution in [3.63, 3.8) is 0 Å². The average molecular weight is 563 g/mol. The third-order valence-corrected chi connectivity index (χ3v) is 7.68. The first-order valence-electron chi connectivity index (χ1n) is 11.6. The van der Waals surface area contributed by atoms with Crippen LogP contribution >= 0.6 is 0 Å². The topological polar surface area (TPSA) is 112 Å². The Kier molecular flexibility index (Phi) is 8.46. The molecule has 2 heterocycles. The Hall–Kier alpha value is -3.13. The summed E-state index contributed by atoms with van der Waals surface area (Å²) < 4.78 is 85.2. The van der Waals surface area contributed by atoms with Gasteiger partial charge in [-0.05, 0) is 44.0 Å². The van der Waals surface area contributed by atoms with E-state index in [0.717, 1.165) is 20.1 Å². The number of hydrogen-bond acceptors (Lipinski definition) is 6. The van der Waals surface area contributed by atoms with E-state index in [1.165, 1.54) is 29.2 Å². The molecule has 1 aliphatic heterocycles. The first-order valence-corrected chi connectivity index (χ1v) is 13.5. The van der Waals surface area contributed by atoms with Gasteiger partial charge in [0.05, 0.1) is 20.9 Å². The molecule has 0 aliphatic carbocycles. The zero-order chi connectivity index (χ0) is 28.5. The zero-order valence-corrected chi connectivity index (χ0v) is 21.6. The second-order valence-corrected chi connectivity index (χ2v) is 11.3. The molecule has 2 N–H and O–H groups in total. The van der Waals surface area contributed by atoms with Gasteiger partial charge in [0.25, 0.3) is 11.8 Å². The van der Waals surface area contributed by atoms with Gasteiger partial charge in [-0.2, -0.15) is 17.5 Å². The summed E-state index contributed by atoms with van der Waals surface area (Å²) in [7, 11) is -3.33. The van der Waals surface area contributed by atoms with Gasteiger partial charge >= 0.3 is 6.18 Å². The highest BCUT2D eigenvalue weighted by molar-refractivity contribution is 7.93. The summed E-state index contributed by atoms with van der Waals surface area (Å²) in [6.07, 6.45) is -5.44. The van der Waals surface area contributed by atoms with Crippen LogP contribution in [0.5, 0.6) is 0 Å². The largest absolute Gasteiger partial charge is 0.418 e. The Balaban J connectivity index is 2.03. The molecule has 38 heavy (non-hydrogen) atoms. The molecule has 8 nitrogen and oxygen atoms in total. The number of carbonyl (C=O) groups is 2. The number of aliphatic hydroxyl groups excluding tert-OH is 1. The van der Waals surface area contributed by atoms with Crippen LogP contribution in [-0.2, 0) is 20.7 Å². The number of aromatic nitrogens is 1. The minimum absolute atomic E-state index is 0.0261. The number of hydrogen-bond donors (Lipinski definition) is 2. The number of carbonyl (C=O) groups excluding carboxylic acids is 2. The first-order chi connectivity index (χ1) is 17.5. The summed E-state index contributed by atoms with van der Waals surface area (Å²) in [4.78, 5) is 30.4. The minimum Gasteiger partial charge on any atom is -0.383 e. The van der Waals surface area contributed by atoms with E-state index in [9.17, 15) is 40.9 Å². The molecule has 14 heteroatoms. The van der Waals surface area contributed by atoms with Crippen molar-refractivity contribution < 1.29 is 40.9 Å². The van der Waals surface area contributed by atoms with Gasteiger partial charge in [-0.15, -0.1) is 0 Å². The van der Waals surface area contributed by atoms with Crippen LogP contribution in [0.15, 0.2) is 39.7 Å². The zero-order valence-electron chi connectivity index (χ0n) is 20.8. The molecular formula is C24H27F5N4O4S. The third kappa shape index (κ3) is 6.84. The fraction of sp³-hybridized carbons (Fsp3) is 0.458. The molecule has 0 spiro atoms. The molecule has 2 aromatic rings. The smallest absolute Gasteiger partial charge is 0.383 e. The Morgan fingerprint density at radius 2 is 1.92 bits per heavy atom. The first kappa shape index (κ1) is 29.4. The summed E-state index contributed by atoms with van der Waals surface area (Å²) in [5, 5.41) is 11.8. The van der Waals surface area contributed by atoms with E-state index in [0.29, 0.717) is 6.20 Å². The van der Waals surface area contributed by atoms with E-state index < -0.39 is 69.3 Å². The normalized spacial score (nSPS) is 18.2. The van der Waals surface area contributed by atoms with Crippen LogP contribution in [0.3, 0.4) is 0 Å². The van der Waals surface area contributed by atoms with Gasteiger partial charge in [0, 0.05) is 49.0 Å². The standard InChI is InChI=1S/C24H27F5N4O4S/c1-14-18(24(27,28)29)13-30-20(33-10-5-8-23(25,26)9-11-33)19(14)22(36)31-16-6-4-7-17(12-16)38(3,37)32-21(35)15(2)34/h4,6-7,12-13,15,34H,5,8-11H2,1-3H3,(H,31,36)/t15-,38+/m0/s1. The molecule has 3 rings (SSSR count). The fourth-order valence-electron chi connectivity index (χ4n) is 3.97. The van der Waals surface area contributed by atoms with E-state index in [1.807, 2.05) is 0 Å². The maximum absolute atomic E-state index is 13.9. The summed E-state index contributed by atoms with van der Waals surface area (Å²) in [5.41, 5.74) is -1.97. The number of rotatable bonds is 5. The Morgan fingerprint density at radius 3 is 2.55 bits per heavy atom. The van der Waals surface area contributed by atoms with E-state index in [4.69, 9.17) is 0 Å². The number of pyridine rings is 1. The van der Waals surface area contributed by atoms with Crippen LogP contribution in [0.2, 0.25) is 0 Å². The maximum Gasteiger partial charge on any atom is 0.418 e. The maximum atomic E-state index is 13.9. The van der Waals surface area contributed by atoms with E-state index in [-0.39, 0.29) is 35.9 Å². The molecule has 2 atom stereocenters. The second kappa shape index (κ2) is 10.9. The van der Waals surface area contributed by atoms with Gasteiger partial charge in [0.15, 0.2) is 0 Å². The van der Waals surface area contributed by atoms with E-state index >= 15 is 0 Å². The van der Waals surface area contributed by atoms with Crippen molar-refractivity contribution in [1.29, 1.82) is 0 Å². The lowest BCUT2D eigenvalue weighted by molar-refractivity contribution is -0.138. The number of halogens is 5. The lowest BCUT2D eigenvalue weighted by Gasteiger charge is -2.26. The predicted molar refractivity (Wildman–Crippen MR) is 131 cm³/mol. The lowest BCUT2D eigenvalue weighted by atomic mass is 10.0. The predicted octanol–water partition coefficient (Wildman–Crippen LogP) is 4.65. The summed E-state index contributed by atoms with van der Waals surface area (Å²) in [6.45, 7) is 2.12. The van der Waals surface area contributed by atoms with Gasteiger partial charge in [0.1, 0.15) is 11.9 Å². The molecule has 1 aromatic heterocycles. The van der Waals surface area contributed by atoms with Crippen LogP contribution in [0.1, 0.15) is 47.7 Å². The summed E-state index contributed by atoms with van der Waals surface area (Å²) in [6, 6.07) is 5.39. The lowest BCUT2D eigenvalue weighted by Crippen LogP contribution is -2.30. The number of amides is 2. The van der Waals surface area contributed by atoms with Crippen LogP contribution in [0.25, 0.3) is 0 Å². The highest BCUT2D eigenvalue weighted by Gasteiger charge is 2.38. The molecule has 0 saturated carbocycles.